The minimum atomic E-state index is -0.0919. The molecule has 126 valence electrons. The Bertz CT molecular complexity index is 586. The average molecular weight is 335 g/mol. The lowest BCUT2D eigenvalue weighted by Crippen LogP contribution is -2.50. The SMILES string of the molecule is Cc1cnc(C(NC(=O)NC2C3CCC(C3)C2CO)C2CC2)s1. The summed E-state index contributed by atoms with van der Waals surface area (Å²) in [6.07, 6.45) is 7.76. The van der Waals surface area contributed by atoms with Crippen molar-refractivity contribution in [2.75, 3.05) is 6.61 Å². The fourth-order valence-electron chi connectivity index (χ4n) is 4.56. The third-order valence-electron chi connectivity index (χ3n) is 5.88. The molecule has 0 aromatic carbocycles. The molecule has 2 amide bonds. The van der Waals surface area contributed by atoms with Gasteiger partial charge in [-0.1, -0.05) is 0 Å². The molecule has 1 aromatic rings. The summed E-state index contributed by atoms with van der Waals surface area (Å²) < 4.78 is 0. The molecular formula is C17H25N3O2S. The van der Waals surface area contributed by atoms with E-state index in [0.717, 1.165) is 24.3 Å². The first-order valence-corrected chi connectivity index (χ1v) is 9.57. The Morgan fingerprint density at radius 3 is 2.83 bits per heavy atom. The topological polar surface area (TPSA) is 74.2 Å². The lowest BCUT2D eigenvalue weighted by Gasteiger charge is -2.31. The number of urea groups is 1. The van der Waals surface area contributed by atoms with Crippen LogP contribution < -0.4 is 10.6 Å². The van der Waals surface area contributed by atoms with Crippen LogP contribution in [0.3, 0.4) is 0 Å². The summed E-state index contributed by atoms with van der Waals surface area (Å²) in [6.45, 7) is 2.23. The molecule has 23 heavy (non-hydrogen) atoms. The molecule has 0 aliphatic heterocycles. The first kappa shape index (κ1) is 15.4. The van der Waals surface area contributed by atoms with Crippen LogP contribution in [-0.4, -0.2) is 28.8 Å². The molecule has 3 fully saturated rings. The van der Waals surface area contributed by atoms with Crippen molar-refractivity contribution in [3.63, 3.8) is 0 Å². The van der Waals surface area contributed by atoms with Gasteiger partial charge in [0, 0.05) is 29.6 Å². The predicted molar refractivity (Wildman–Crippen MR) is 89.2 cm³/mol. The van der Waals surface area contributed by atoms with Gasteiger partial charge in [-0.25, -0.2) is 9.78 Å². The molecule has 5 nitrogen and oxygen atoms in total. The zero-order valence-electron chi connectivity index (χ0n) is 13.5. The Labute approximate surface area is 140 Å². The second kappa shape index (κ2) is 6.06. The number of aliphatic hydroxyl groups excluding tert-OH is 1. The monoisotopic (exact) mass is 335 g/mol. The van der Waals surface area contributed by atoms with Gasteiger partial charge in [-0.2, -0.15) is 0 Å². The number of hydrogen-bond acceptors (Lipinski definition) is 4. The summed E-state index contributed by atoms with van der Waals surface area (Å²) in [4.78, 5) is 18.2. The van der Waals surface area contributed by atoms with Crippen LogP contribution in [0.5, 0.6) is 0 Å². The van der Waals surface area contributed by atoms with E-state index >= 15 is 0 Å². The molecule has 3 aliphatic rings. The van der Waals surface area contributed by atoms with Gasteiger partial charge in [0.2, 0.25) is 0 Å². The molecular weight excluding hydrogens is 310 g/mol. The number of nitrogens with one attached hydrogen (secondary N) is 2. The van der Waals surface area contributed by atoms with Crippen LogP contribution >= 0.6 is 11.3 Å². The van der Waals surface area contributed by atoms with Gasteiger partial charge in [0.1, 0.15) is 5.01 Å². The van der Waals surface area contributed by atoms with E-state index in [2.05, 4.69) is 15.6 Å². The highest BCUT2D eigenvalue weighted by Gasteiger charge is 2.48. The molecule has 6 heteroatoms. The summed E-state index contributed by atoms with van der Waals surface area (Å²) >= 11 is 1.67. The van der Waals surface area contributed by atoms with Crippen LogP contribution in [0.15, 0.2) is 6.20 Å². The fraction of sp³-hybridized carbons (Fsp3) is 0.765. The van der Waals surface area contributed by atoms with Crippen molar-refractivity contribution in [1.29, 1.82) is 0 Å². The van der Waals surface area contributed by atoms with Crippen molar-refractivity contribution in [3.05, 3.63) is 16.1 Å². The summed E-state index contributed by atoms with van der Waals surface area (Å²) in [5.41, 5.74) is 0. The van der Waals surface area contributed by atoms with Crippen molar-refractivity contribution < 1.29 is 9.90 Å². The normalized spacial score (nSPS) is 33.7. The highest BCUT2D eigenvalue weighted by atomic mass is 32.1. The largest absolute Gasteiger partial charge is 0.396 e. The number of aryl methyl sites for hydroxylation is 1. The minimum absolute atomic E-state index is 0.0415. The average Bonchev–Trinajstić information content (AvgIpc) is 2.96. The van der Waals surface area contributed by atoms with E-state index in [1.165, 1.54) is 17.7 Å². The van der Waals surface area contributed by atoms with Crippen LogP contribution in [-0.2, 0) is 0 Å². The highest BCUT2D eigenvalue weighted by molar-refractivity contribution is 7.11. The lowest BCUT2D eigenvalue weighted by atomic mass is 9.85. The van der Waals surface area contributed by atoms with Crippen LogP contribution in [0.4, 0.5) is 4.79 Å². The van der Waals surface area contributed by atoms with Gasteiger partial charge in [-0.3, -0.25) is 0 Å². The first-order chi connectivity index (χ1) is 11.2. The van der Waals surface area contributed by atoms with E-state index in [0.29, 0.717) is 17.8 Å². The summed E-state index contributed by atoms with van der Waals surface area (Å²) in [6, 6.07) is 0.0854. The summed E-state index contributed by atoms with van der Waals surface area (Å²) in [5, 5.41) is 17.0. The van der Waals surface area contributed by atoms with Crippen LogP contribution in [0, 0.1) is 30.6 Å². The zero-order valence-corrected chi connectivity index (χ0v) is 14.3. The van der Waals surface area contributed by atoms with Gasteiger partial charge in [0.05, 0.1) is 6.04 Å². The Kier molecular flexibility index (Phi) is 4.05. The van der Waals surface area contributed by atoms with Gasteiger partial charge >= 0.3 is 6.03 Å². The number of nitrogens with zero attached hydrogens (tertiary/aromatic N) is 1. The van der Waals surface area contributed by atoms with Crippen molar-refractivity contribution in [1.82, 2.24) is 15.6 Å². The highest BCUT2D eigenvalue weighted by Crippen LogP contribution is 2.48. The molecule has 0 spiro atoms. The van der Waals surface area contributed by atoms with Gasteiger partial charge in [-0.15, -0.1) is 11.3 Å². The molecule has 4 rings (SSSR count). The maximum absolute atomic E-state index is 12.5. The number of amides is 2. The van der Waals surface area contributed by atoms with E-state index in [1.807, 2.05) is 13.1 Å². The third kappa shape index (κ3) is 2.98. The standard InChI is InChI=1S/C17H25N3O2S/c1-9-7-18-16(23-9)15(10-2-3-10)20-17(22)19-14-12-5-4-11(6-12)13(14)8-21/h7,10-15,21H,2-6,8H2,1H3,(H2,19,20,22). The smallest absolute Gasteiger partial charge is 0.315 e. The molecule has 1 aromatic heterocycles. The molecule has 2 bridgehead atoms. The van der Waals surface area contributed by atoms with Crippen LogP contribution in [0.25, 0.3) is 0 Å². The molecule has 0 radical (unpaired) electrons. The number of fused-ring (bicyclic) bond motifs is 2. The van der Waals surface area contributed by atoms with Crippen molar-refractivity contribution in [2.24, 2.45) is 23.7 Å². The predicted octanol–water partition coefficient (Wildman–Crippen LogP) is 2.61. The Morgan fingerprint density at radius 1 is 1.39 bits per heavy atom. The number of rotatable bonds is 5. The van der Waals surface area contributed by atoms with E-state index in [1.54, 1.807) is 11.3 Å². The van der Waals surface area contributed by atoms with Gasteiger partial charge < -0.3 is 15.7 Å². The van der Waals surface area contributed by atoms with Crippen LogP contribution in [0.1, 0.15) is 48.0 Å². The molecule has 3 aliphatic carbocycles. The van der Waals surface area contributed by atoms with Crippen molar-refractivity contribution >= 4 is 17.4 Å². The molecule has 0 saturated heterocycles. The fourth-order valence-corrected chi connectivity index (χ4v) is 5.48. The third-order valence-corrected chi connectivity index (χ3v) is 6.88. The molecule has 5 unspecified atom stereocenters. The lowest BCUT2D eigenvalue weighted by molar-refractivity contribution is 0.143. The minimum Gasteiger partial charge on any atom is -0.396 e. The summed E-state index contributed by atoms with van der Waals surface area (Å²) in [7, 11) is 0. The van der Waals surface area contributed by atoms with E-state index in [4.69, 9.17) is 0 Å². The molecule has 5 atom stereocenters. The molecule has 3 N–H and O–H groups in total. The first-order valence-electron chi connectivity index (χ1n) is 8.76. The van der Waals surface area contributed by atoms with E-state index < -0.39 is 0 Å². The Balaban J connectivity index is 1.40. The Hall–Kier alpha value is -1.14. The number of carbonyl (C=O) groups is 1. The maximum Gasteiger partial charge on any atom is 0.315 e. The number of aromatic nitrogens is 1. The summed E-state index contributed by atoms with van der Waals surface area (Å²) in [5.74, 6) is 1.90. The second-order valence-corrected chi connectivity index (χ2v) is 8.71. The molecule has 1 heterocycles. The van der Waals surface area contributed by atoms with Crippen molar-refractivity contribution in [3.8, 4) is 0 Å². The maximum atomic E-state index is 12.5. The Morgan fingerprint density at radius 2 is 2.17 bits per heavy atom. The number of carbonyl (C=O) groups excluding carboxylic acids is 1. The number of aliphatic hydroxyl groups is 1. The number of thiazole rings is 1. The quantitative estimate of drug-likeness (QED) is 0.774. The van der Waals surface area contributed by atoms with E-state index in [-0.39, 0.29) is 30.6 Å². The molecule has 3 saturated carbocycles. The van der Waals surface area contributed by atoms with Gasteiger partial charge in [-0.05, 0) is 56.8 Å². The van der Waals surface area contributed by atoms with Crippen LogP contribution in [0.2, 0.25) is 0 Å². The van der Waals surface area contributed by atoms with Gasteiger partial charge in [0.15, 0.2) is 0 Å². The zero-order chi connectivity index (χ0) is 16.0. The van der Waals surface area contributed by atoms with E-state index in [9.17, 15) is 9.90 Å². The van der Waals surface area contributed by atoms with Crippen molar-refractivity contribution in [2.45, 2.75) is 51.1 Å². The van der Waals surface area contributed by atoms with Gasteiger partial charge in [0.25, 0.3) is 0 Å². The number of hydrogen-bond donors (Lipinski definition) is 3. The second-order valence-electron chi connectivity index (χ2n) is 7.45.